The smallest absolute Gasteiger partial charge is 0.147 e. The number of aliphatic imine (C=N–C) groups is 1. The van der Waals surface area contributed by atoms with Gasteiger partial charge in [-0.2, -0.15) is 0 Å². The van der Waals surface area contributed by atoms with Gasteiger partial charge in [-0.3, -0.25) is 0 Å². The fraction of sp³-hybridized carbons (Fsp3) is 0.318. The molecule has 0 aromatic heterocycles. The third kappa shape index (κ3) is 4.52. The van der Waals surface area contributed by atoms with Gasteiger partial charge in [0.05, 0.1) is 0 Å². The molecule has 136 valence electrons. The van der Waals surface area contributed by atoms with Crippen LogP contribution in [0.2, 0.25) is 0 Å². The molecule has 26 heavy (non-hydrogen) atoms. The summed E-state index contributed by atoms with van der Waals surface area (Å²) in [6.45, 7) is 8.27. The van der Waals surface area contributed by atoms with Gasteiger partial charge in [0.15, 0.2) is 0 Å². The first-order valence-corrected chi connectivity index (χ1v) is 9.32. The summed E-state index contributed by atoms with van der Waals surface area (Å²) in [7, 11) is 0. The molecule has 0 saturated carbocycles. The number of para-hydroxylation sites is 1. The van der Waals surface area contributed by atoms with Gasteiger partial charge < -0.3 is 16.0 Å². The number of hydrogen-bond acceptors (Lipinski definition) is 4. The van der Waals surface area contributed by atoms with E-state index in [0.29, 0.717) is 0 Å². The van der Waals surface area contributed by atoms with E-state index in [-0.39, 0.29) is 6.17 Å². The summed E-state index contributed by atoms with van der Waals surface area (Å²) in [5.74, 6) is 0.912. The van der Waals surface area contributed by atoms with Crippen molar-refractivity contribution < 1.29 is 0 Å². The Morgan fingerprint density at radius 1 is 1.19 bits per heavy atom. The highest BCUT2D eigenvalue weighted by Crippen LogP contribution is 2.29. The number of nitrogens with zero attached hydrogens (tertiary/aromatic N) is 1. The highest BCUT2D eigenvalue weighted by Gasteiger charge is 2.21. The van der Waals surface area contributed by atoms with E-state index in [1.807, 2.05) is 6.07 Å². The Morgan fingerprint density at radius 2 is 2.04 bits per heavy atom. The summed E-state index contributed by atoms with van der Waals surface area (Å²) in [6.07, 6.45) is 3.23. The molecule has 2 aromatic rings. The largest absolute Gasteiger partial charge is 0.359 e. The van der Waals surface area contributed by atoms with Crippen LogP contribution in [0.3, 0.4) is 0 Å². The lowest BCUT2D eigenvalue weighted by atomic mass is 10.0. The van der Waals surface area contributed by atoms with Gasteiger partial charge in [0.2, 0.25) is 0 Å². The molecule has 3 N–H and O–H groups in total. The minimum absolute atomic E-state index is 0.0849. The van der Waals surface area contributed by atoms with Crippen molar-refractivity contribution in [1.82, 2.24) is 10.6 Å². The van der Waals surface area contributed by atoms with E-state index in [2.05, 4.69) is 85.3 Å². The number of rotatable bonds is 6. The normalized spacial score (nSPS) is 16.5. The molecule has 1 atom stereocenters. The fourth-order valence-electron chi connectivity index (χ4n) is 3.03. The highest BCUT2D eigenvalue weighted by molar-refractivity contribution is 6.05. The molecule has 1 heterocycles. The van der Waals surface area contributed by atoms with Crippen molar-refractivity contribution in [3.05, 3.63) is 77.0 Å². The number of anilines is 1. The molecule has 1 aliphatic rings. The molecule has 0 amide bonds. The maximum absolute atomic E-state index is 4.95. The average Bonchev–Trinajstić information content (AvgIpc) is 2.65. The molecule has 4 heteroatoms. The molecular weight excluding hydrogens is 320 g/mol. The van der Waals surface area contributed by atoms with Gasteiger partial charge >= 0.3 is 0 Å². The molecule has 3 rings (SSSR count). The van der Waals surface area contributed by atoms with Crippen LogP contribution in [0.1, 0.15) is 43.1 Å². The van der Waals surface area contributed by atoms with Crippen LogP contribution in [0.4, 0.5) is 5.69 Å². The van der Waals surface area contributed by atoms with Crippen molar-refractivity contribution in [3.8, 4) is 0 Å². The lowest BCUT2D eigenvalue weighted by Crippen LogP contribution is -2.30. The molecular formula is C22H28N4. The number of benzene rings is 2. The van der Waals surface area contributed by atoms with Crippen LogP contribution in [-0.2, 0) is 0 Å². The van der Waals surface area contributed by atoms with Crippen molar-refractivity contribution in [3.63, 3.8) is 0 Å². The highest BCUT2D eigenvalue weighted by atomic mass is 15.2. The fourth-order valence-corrected chi connectivity index (χ4v) is 3.03. The van der Waals surface area contributed by atoms with Crippen molar-refractivity contribution in [2.24, 2.45) is 4.99 Å². The first-order valence-electron chi connectivity index (χ1n) is 9.32. The van der Waals surface area contributed by atoms with Gasteiger partial charge in [-0.05, 0) is 44.5 Å². The van der Waals surface area contributed by atoms with Crippen LogP contribution in [0.5, 0.6) is 0 Å². The Morgan fingerprint density at radius 3 is 2.85 bits per heavy atom. The zero-order valence-electron chi connectivity index (χ0n) is 15.8. The van der Waals surface area contributed by atoms with Crippen molar-refractivity contribution >= 4 is 11.5 Å². The van der Waals surface area contributed by atoms with Gasteiger partial charge in [-0.15, -0.1) is 0 Å². The Hall–Kier alpha value is -2.59. The first-order chi connectivity index (χ1) is 12.7. The van der Waals surface area contributed by atoms with Crippen LogP contribution in [0.25, 0.3) is 0 Å². The number of nitrogens with one attached hydrogen (secondary N) is 3. The molecule has 2 aromatic carbocycles. The quantitative estimate of drug-likeness (QED) is 0.680. The second kappa shape index (κ2) is 8.68. The molecule has 0 radical (unpaired) electrons. The lowest BCUT2D eigenvalue weighted by Gasteiger charge is -2.26. The Kier molecular flexibility index (Phi) is 6.08. The van der Waals surface area contributed by atoms with Gasteiger partial charge in [0.25, 0.3) is 0 Å². The molecule has 1 aliphatic heterocycles. The number of hydrogen-bond donors (Lipinski definition) is 3. The molecule has 1 unspecified atom stereocenters. The van der Waals surface area contributed by atoms with Crippen LogP contribution in [-0.4, -0.2) is 18.9 Å². The van der Waals surface area contributed by atoms with E-state index in [1.54, 1.807) is 0 Å². The summed E-state index contributed by atoms with van der Waals surface area (Å²) in [6, 6.07) is 16.8. The SMILES string of the molecule is CCCNC/C=C(\C)NC1=NC(c2cccc(C)c2)Nc2ccccc21. The Balaban J connectivity index is 1.84. The summed E-state index contributed by atoms with van der Waals surface area (Å²) < 4.78 is 0. The van der Waals surface area contributed by atoms with E-state index >= 15 is 0 Å². The van der Waals surface area contributed by atoms with Crippen LogP contribution < -0.4 is 16.0 Å². The van der Waals surface area contributed by atoms with Crippen molar-refractivity contribution in [2.45, 2.75) is 33.4 Å². The van der Waals surface area contributed by atoms with Gasteiger partial charge in [-0.25, -0.2) is 4.99 Å². The van der Waals surface area contributed by atoms with E-state index in [0.717, 1.165) is 42.3 Å². The topological polar surface area (TPSA) is 48.5 Å². The minimum Gasteiger partial charge on any atom is -0.359 e. The first kappa shape index (κ1) is 18.2. The maximum Gasteiger partial charge on any atom is 0.147 e. The van der Waals surface area contributed by atoms with Crippen LogP contribution in [0.15, 0.2) is 65.3 Å². The number of amidine groups is 1. The van der Waals surface area contributed by atoms with Gasteiger partial charge in [0, 0.05) is 23.5 Å². The van der Waals surface area contributed by atoms with Crippen LogP contribution >= 0.6 is 0 Å². The van der Waals surface area contributed by atoms with E-state index in [1.165, 1.54) is 11.1 Å². The molecule has 4 nitrogen and oxygen atoms in total. The lowest BCUT2D eigenvalue weighted by molar-refractivity contribution is 0.725. The second-order valence-electron chi connectivity index (χ2n) is 6.70. The monoisotopic (exact) mass is 348 g/mol. The average molecular weight is 348 g/mol. The predicted octanol–water partition coefficient (Wildman–Crippen LogP) is 4.36. The minimum atomic E-state index is -0.0849. The zero-order chi connectivity index (χ0) is 18.4. The van der Waals surface area contributed by atoms with Crippen molar-refractivity contribution in [2.75, 3.05) is 18.4 Å². The summed E-state index contributed by atoms with van der Waals surface area (Å²) in [5.41, 5.74) is 5.72. The molecule has 0 aliphatic carbocycles. The Labute approximate surface area is 156 Å². The number of fused-ring (bicyclic) bond motifs is 1. The number of allylic oxidation sites excluding steroid dienone is 1. The zero-order valence-corrected chi connectivity index (χ0v) is 15.8. The predicted molar refractivity (Wildman–Crippen MR) is 111 cm³/mol. The molecule has 0 bridgehead atoms. The molecule has 0 saturated heterocycles. The molecule has 0 fully saturated rings. The summed E-state index contributed by atoms with van der Waals surface area (Å²) >= 11 is 0. The van der Waals surface area contributed by atoms with E-state index < -0.39 is 0 Å². The standard InChI is InChI=1S/C22H28N4/c1-4-13-23-14-12-17(3)24-22-19-10-5-6-11-20(19)25-21(26-22)18-9-7-8-16(2)15-18/h5-12,15,21,23,25H,4,13-14H2,1-3H3,(H,24,26)/b17-12+. The third-order valence-corrected chi connectivity index (χ3v) is 4.39. The van der Waals surface area contributed by atoms with E-state index in [9.17, 15) is 0 Å². The second-order valence-corrected chi connectivity index (χ2v) is 6.70. The summed E-state index contributed by atoms with van der Waals surface area (Å²) in [5, 5.41) is 10.4. The van der Waals surface area contributed by atoms with Crippen molar-refractivity contribution in [1.29, 1.82) is 0 Å². The van der Waals surface area contributed by atoms with Crippen LogP contribution in [0, 0.1) is 6.92 Å². The van der Waals surface area contributed by atoms with E-state index in [4.69, 9.17) is 4.99 Å². The summed E-state index contributed by atoms with van der Waals surface area (Å²) in [4.78, 5) is 4.95. The Bertz CT molecular complexity index is 807. The van der Waals surface area contributed by atoms with Gasteiger partial charge in [-0.1, -0.05) is 55.0 Å². The third-order valence-electron chi connectivity index (χ3n) is 4.39. The van der Waals surface area contributed by atoms with Gasteiger partial charge in [0.1, 0.15) is 12.0 Å². The maximum atomic E-state index is 4.95. The molecule has 0 spiro atoms. The number of aryl methyl sites for hydroxylation is 1.